The smallest absolute Gasteiger partial charge is 0.258 e. The van der Waals surface area contributed by atoms with Crippen LogP contribution < -0.4 is 0 Å². The predicted molar refractivity (Wildman–Crippen MR) is 58.9 cm³/mol. The van der Waals surface area contributed by atoms with Gasteiger partial charge in [-0.25, -0.2) is 0 Å². The summed E-state index contributed by atoms with van der Waals surface area (Å²) in [5.41, 5.74) is 0.367. The number of pyridine rings is 1. The number of hydrogen-bond donors (Lipinski definition) is 0. The molecule has 5 heteroatoms. The number of amides is 1. The summed E-state index contributed by atoms with van der Waals surface area (Å²) in [7, 11) is 0. The fourth-order valence-electron chi connectivity index (χ4n) is 1.83. The van der Waals surface area contributed by atoms with E-state index < -0.39 is 0 Å². The molecule has 0 N–H and O–H groups in total. The van der Waals surface area contributed by atoms with Crippen LogP contribution in [-0.2, 0) is 0 Å². The first-order valence-electron chi connectivity index (χ1n) is 5.04. The molecule has 1 amide bonds. The highest BCUT2D eigenvalue weighted by atomic mass is 35.5. The Labute approximate surface area is 98.5 Å². The third-order valence-corrected chi connectivity index (χ3v) is 2.99. The van der Waals surface area contributed by atoms with Crippen LogP contribution in [0.1, 0.15) is 23.2 Å². The molecular formula is C11H10ClN3O. The Hall–Kier alpha value is -1.60. The van der Waals surface area contributed by atoms with Gasteiger partial charge in [0.05, 0.1) is 16.7 Å². The third kappa shape index (κ3) is 1.86. The number of nitrogens with zero attached hydrogens (tertiary/aromatic N) is 3. The monoisotopic (exact) mass is 235 g/mol. The normalized spacial score (nSPS) is 19.5. The molecule has 1 aromatic heterocycles. The van der Waals surface area contributed by atoms with Gasteiger partial charge in [0, 0.05) is 18.9 Å². The molecule has 0 saturated carbocycles. The number of carbonyl (C=O) groups excluding carboxylic acids is 1. The SMILES string of the molecule is N#CC1CCCN1C(=O)c1cnccc1Cl. The van der Waals surface area contributed by atoms with Crippen LogP contribution in [-0.4, -0.2) is 28.4 Å². The maximum atomic E-state index is 12.1. The molecule has 1 aromatic rings. The van der Waals surface area contributed by atoms with Crippen LogP contribution in [0.2, 0.25) is 5.02 Å². The maximum absolute atomic E-state index is 12.1. The van der Waals surface area contributed by atoms with Gasteiger partial charge in [-0.3, -0.25) is 9.78 Å². The summed E-state index contributed by atoms with van der Waals surface area (Å²) in [5.74, 6) is -0.206. The fraction of sp³-hybridized carbons (Fsp3) is 0.364. The average molecular weight is 236 g/mol. The Balaban J connectivity index is 2.26. The molecule has 0 bridgehead atoms. The lowest BCUT2D eigenvalue weighted by molar-refractivity contribution is 0.0764. The van der Waals surface area contributed by atoms with Gasteiger partial charge in [0.15, 0.2) is 0 Å². The summed E-state index contributed by atoms with van der Waals surface area (Å²) in [6.45, 7) is 0.613. The quantitative estimate of drug-likeness (QED) is 0.747. The lowest BCUT2D eigenvalue weighted by Gasteiger charge is -2.19. The molecule has 1 unspecified atom stereocenters. The second kappa shape index (κ2) is 4.50. The van der Waals surface area contributed by atoms with E-state index in [1.54, 1.807) is 11.0 Å². The molecule has 1 aliphatic heterocycles. The van der Waals surface area contributed by atoms with Gasteiger partial charge in [-0.05, 0) is 18.9 Å². The van der Waals surface area contributed by atoms with Gasteiger partial charge in [0.25, 0.3) is 5.91 Å². The van der Waals surface area contributed by atoms with E-state index in [1.807, 2.05) is 0 Å². The van der Waals surface area contributed by atoms with Gasteiger partial charge in [-0.1, -0.05) is 11.6 Å². The summed E-state index contributed by atoms with van der Waals surface area (Å²) in [6, 6.07) is 3.37. The highest BCUT2D eigenvalue weighted by Gasteiger charge is 2.30. The van der Waals surface area contributed by atoms with E-state index in [0.29, 0.717) is 17.1 Å². The molecule has 1 atom stereocenters. The van der Waals surface area contributed by atoms with E-state index in [1.165, 1.54) is 12.4 Å². The van der Waals surface area contributed by atoms with Crippen molar-refractivity contribution in [2.45, 2.75) is 18.9 Å². The van der Waals surface area contributed by atoms with Crippen molar-refractivity contribution in [1.29, 1.82) is 5.26 Å². The number of rotatable bonds is 1. The molecule has 0 radical (unpaired) electrons. The molecule has 0 spiro atoms. The van der Waals surface area contributed by atoms with Crippen LogP contribution in [0.25, 0.3) is 0 Å². The van der Waals surface area contributed by atoms with Crippen molar-refractivity contribution in [2.75, 3.05) is 6.54 Å². The lowest BCUT2D eigenvalue weighted by atomic mass is 10.2. The number of carbonyl (C=O) groups is 1. The molecule has 0 aromatic carbocycles. The van der Waals surface area contributed by atoms with Crippen molar-refractivity contribution in [2.24, 2.45) is 0 Å². The van der Waals surface area contributed by atoms with Gasteiger partial charge in [-0.2, -0.15) is 5.26 Å². The molecule has 4 nitrogen and oxygen atoms in total. The molecule has 2 heterocycles. The van der Waals surface area contributed by atoms with Crippen LogP contribution in [0, 0.1) is 11.3 Å². The van der Waals surface area contributed by atoms with Crippen molar-refractivity contribution in [3.8, 4) is 6.07 Å². The van der Waals surface area contributed by atoms with Gasteiger partial charge in [0.1, 0.15) is 6.04 Å². The van der Waals surface area contributed by atoms with Crippen molar-refractivity contribution in [3.05, 3.63) is 29.0 Å². The summed E-state index contributed by atoms with van der Waals surface area (Å²) in [5, 5.41) is 9.29. The summed E-state index contributed by atoms with van der Waals surface area (Å²) in [6.07, 6.45) is 4.57. The Bertz CT molecular complexity index is 455. The summed E-state index contributed by atoms with van der Waals surface area (Å²) < 4.78 is 0. The molecule has 1 fully saturated rings. The number of nitriles is 1. The van der Waals surface area contributed by atoms with E-state index >= 15 is 0 Å². The van der Waals surface area contributed by atoms with Crippen LogP contribution >= 0.6 is 11.6 Å². The van der Waals surface area contributed by atoms with E-state index in [0.717, 1.165) is 12.8 Å². The highest BCUT2D eigenvalue weighted by molar-refractivity contribution is 6.33. The van der Waals surface area contributed by atoms with Crippen LogP contribution in [0.3, 0.4) is 0 Å². The summed E-state index contributed by atoms with van der Waals surface area (Å²) in [4.78, 5) is 17.5. The summed E-state index contributed by atoms with van der Waals surface area (Å²) >= 11 is 5.92. The minimum Gasteiger partial charge on any atom is -0.323 e. The highest BCUT2D eigenvalue weighted by Crippen LogP contribution is 2.22. The van der Waals surface area contributed by atoms with E-state index in [4.69, 9.17) is 16.9 Å². The molecular weight excluding hydrogens is 226 g/mol. The second-order valence-corrected chi connectivity index (χ2v) is 4.05. The van der Waals surface area contributed by atoms with Gasteiger partial charge < -0.3 is 4.90 Å². The fourth-order valence-corrected chi connectivity index (χ4v) is 2.02. The Morgan fingerprint density at radius 2 is 2.50 bits per heavy atom. The average Bonchev–Trinajstić information content (AvgIpc) is 2.77. The van der Waals surface area contributed by atoms with Gasteiger partial charge in [0.2, 0.25) is 0 Å². The van der Waals surface area contributed by atoms with Crippen molar-refractivity contribution in [1.82, 2.24) is 9.88 Å². The Morgan fingerprint density at radius 3 is 3.19 bits per heavy atom. The van der Waals surface area contributed by atoms with Gasteiger partial charge in [-0.15, -0.1) is 0 Å². The lowest BCUT2D eigenvalue weighted by Crippen LogP contribution is -2.34. The number of likely N-dealkylation sites (tertiary alicyclic amines) is 1. The van der Waals surface area contributed by atoms with Crippen LogP contribution in [0.4, 0.5) is 0 Å². The van der Waals surface area contributed by atoms with Crippen molar-refractivity contribution < 1.29 is 4.79 Å². The Kier molecular flexibility index (Phi) is 3.07. The predicted octanol–water partition coefficient (Wildman–Crippen LogP) is 1.86. The molecule has 16 heavy (non-hydrogen) atoms. The van der Waals surface area contributed by atoms with Gasteiger partial charge >= 0.3 is 0 Å². The molecule has 1 saturated heterocycles. The minimum absolute atomic E-state index is 0.206. The van der Waals surface area contributed by atoms with Crippen LogP contribution in [0.5, 0.6) is 0 Å². The number of halogens is 1. The molecule has 82 valence electrons. The van der Waals surface area contributed by atoms with Crippen molar-refractivity contribution >= 4 is 17.5 Å². The zero-order chi connectivity index (χ0) is 11.5. The molecule has 0 aliphatic carbocycles. The molecule has 2 rings (SSSR count). The van der Waals surface area contributed by atoms with Crippen LogP contribution in [0.15, 0.2) is 18.5 Å². The number of aromatic nitrogens is 1. The first-order valence-corrected chi connectivity index (χ1v) is 5.42. The zero-order valence-corrected chi connectivity index (χ0v) is 9.31. The third-order valence-electron chi connectivity index (χ3n) is 2.66. The van der Waals surface area contributed by atoms with Crippen molar-refractivity contribution in [3.63, 3.8) is 0 Å². The first-order chi connectivity index (χ1) is 7.74. The zero-order valence-electron chi connectivity index (χ0n) is 8.56. The molecule has 1 aliphatic rings. The van der Waals surface area contributed by atoms with E-state index in [2.05, 4.69) is 11.1 Å². The van der Waals surface area contributed by atoms with E-state index in [-0.39, 0.29) is 11.9 Å². The Morgan fingerprint density at radius 1 is 1.69 bits per heavy atom. The maximum Gasteiger partial charge on any atom is 0.258 e. The first kappa shape index (κ1) is 10.9. The minimum atomic E-state index is -0.330. The number of hydrogen-bond acceptors (Lipinski definition) is 3. The van der Waals surface area contributed by atoms with E-state index in [9.17, 15) is 4.79 Å². The second-order valence-electron chi connectivity index (χ2n) is 3.64. The largest absolute Gasteiger partial charge is 0.323 e. The topological polar surface area (TPSA) is 57.0 Å². The standard InChI is InChI=1S/C11H10ClN3O/c12-10-3-4-14-7-9(10)11(16)15-5-1-2-8(15)6-13/h3-4,7-8H,1-2,5H2.